The lowest BCUT2D eigenvalue weighted by Gasteiger charge is -2.26. The van der Waals surface area contributed by atoms with Gasteiger partial charge in [0.1, 0.15) is 6.54 Å². The van der Waals surface area contributed by atoms with E-state index in [1.807, 2.05) is 6.07 Å². The summed E-state index contributed by atoms with van der Waals surface area (Å²) in [6.45, 7) is 1.22. The number of carbonyl (C=O) groups is 2. The summed E-state index contributed by atoms with van der Waals surface area (Å²) in [6, 6.07) is 18.7. The highest BCUT2D eigenvalue weighted by atomic mass is 35.5. The fraction of sp³-hybridized carbons (Fsp3) is 0.160. The van der Waals surface area contributed by atoms with Crippen LogP contribution in [0.5, 0.6) is 0 Å². The molecular formula is C25H22ClN3O5S. The first kappa shape index (κ1) is 25.7. The Morgan fingerprint density at radius 1 is 1.09 bits per heavy atom. The zero-order valence-corrected chi connectivity index (χ0v) is 20.6. The lowest BCUT2D eigenvalue weighted by atomic mass is 10.1. The predicted molar refractivity (Wildman–Crippen MR) is 132 cm³/mol. The number of halogens is 1. The molecule has 0 spiro atoms. The van der Waals surface area contributed by atoms with Crippen LogP contribution in [0.1, 0.15) is 27.0 Å². The van der Waals surface area contributed by atoms with Crippen molar-refractivity contribution in [2.75, 3.05) is 18.0 Å². The van der Waals surface area contributed by atoms with E-state index in [2.05, 4.69) is 5.32 Å². The SMILES string of the molecule is COC(=O)c1cccc(CNC(=O)CN(c2cccc(Cl)c2C)S(=O)(=O)c2ccc(C#N)cc2)c1. The first-order valence-electron chi connectivity index (χ1n) is 10.4. The van der Waals surface area contributed by atoms with E-state index in [0.29, 0.717) is 27.3 Å². The zero-order valence-electron chi connectivity index (χ0n) is 19.0. The molecule has 1 N–H and O–H groups in total. The van der Waals surface area contributed by atoms with Crippen molar-refractivity contribution in [2.24, 2.45) is 0 Å². The van der Waals surface area contributed by atoms with Crippen molar-refractivity contribution in [3.8, 4) is 6.07 Å². The van der Waals surface area contributed by atoms with E-state index in [1.54, 1.807) is 49.4 Å². The number of nitriles is 1. The predicted octanol–water partition coefficient (Wildman–Crippen LogP) is 3.82. The van der Waals surface area contributed by atoms with Crippen molar-refractivity contribution in [1.82, 2.24) is 5.32 Å². The average Bonchev–Trinajstić information content (AvgIpc) is 2.87. The number of carbonyl (C=O) groups excluding carboxylic acids is 2. The largest absolute Gasteiger partial charge is 0.465 e. The molecule has 0 bridgehead atoms. The molecule has 1 amide bonds. The van der Waals surface area contributed by atoms with Gasteiger partial charge in [0.2, 0.25) is 5.91 Å². The molecule has 0 atom stereocenters. The van der Waals surface area contributed by atoms with Gasteiger partial charge < -0.3 is 10.1 Å². The van der Waals surface area contributed by atoms with E-state index in [-0.39, 0.29) is 17.1 Å². The summed E-state index contributed by atoms with van der Waals surface area (Å²) in [5, 5.41) is 12.1. The number of rotatable bonds is 8. The molecule has 0 aliphatic rings. The second-order valence-corrected chi connectivity index (χ2v) is 9.77. The Morgan fingerprint density at radius 2 is 1.77 bits per heavy atom. The number of ether oxygens (including phenoxy) is 1. The van der Waals surface area contributed by atoms with E-state index >= 15 is 0 Å². The summed E-state index contributed by atoms with van der Waals surface area (Å²) in [5.41, 5.74) is 2.02. The van der Waals surface area contributed by atoms with Crippen molar-refractivity contribution >= 4 is 39.2 Å². The molecular weight excluding hydrogens is 490 g/mol. The van der Waals surface area contributed by atoms with Gasteiger partial charge in [0.15, 0.2) is 0 Å². The maximum Gasteiger partial charge on any atom is 0.337 e. The third kappa shape index (κ3) is 5.98. The van der Waals surface area contributed by atoms with E-state index in [9.17, 15) is 18.0 Å². The molecule has 3 rings (SSSR count). The van der Waals surface area contributed by atoms with Crippen LogP contribution in [0.3, 0.4) is 0 Å². The summed E-state index contributed by atoms with van der Waals surface area (Å²) in [5.74, 6) is -1.07. The highest BCUT2D eigenvalue weighted by Crippen LogP contribution is 2.30. The highest BCUT2D eigenvalue weighted by Gasteiger charge is 2.28. The van der Waals surface area contributed by atoms with Gasteiger partial charge in [-0.25, -0.2) is 13.2 Å². The second-order valence-electron chi connectivity index (χ2n) is 7.50. The quantitative estimate of drug-likeness (QED) is 0.459. The first-order chi connectivity index (χ1) is 16.7. The number of methoxy groups -OCH3 is 1. The summed E-state index contributed by atoms with van der Waals surface area (Å²) >= 11 is 6.23. The topological polar surface area (TPSA) is 117 Å². The van der Waals surface area contributed by atoms with Crippen molar-refractivity contribution in [1.29, 1.82) is 5.26 Å². The van der Waals surface area contributed by atoms with Crippen LogP contribution in [-0.2, 0) is 26.1 Å². The molecule has 0 unspecified atom stereocenters. The van der Waals surface area contributed by atoms with Gasteiger partial charge in [-0.05, 0) is 66.6 Å². The van der Waals surface area contributed by atoms with Crippen molar-refractivity contribution in [2.45, 2.75) is 18.4 Å². The van der Waals surface area contributed by atoms with Crippen LogP contribution in [0.2, 0.25) is 5.02 Å². The summed E-state index contributed by atoms with van der Waals surface area (Å²) in [4.78, 5) is 24.5. The van der Waals surface area contributed by atoms with Gasteiger partial charge in [0.25, 0.3) is 10.0 Å². The Labute approximate surface area is 208 Å². The van der Waals surface area contributed by atoms with Gasteiger partial charge in [-0.3, -0.25) is 9.10 Å². The normalized spacial score (nSPS) is 10.8. The number of hydrogen-bond acceptors (Lipinski definition) is 6. The van der Waals surface area contributed by atoms with Gasteiger partial charge >= 0.3 is 5.97 Å². The molecule has 0 saturated carbocycles. The summed E-state index contributed by atoms with van der Waals surface area (Å²) < 4.78 is 32.7. The number of amides is 1. The number of esters is 1. The first-order valence-corrected chi connectivity index (χ1v) is 12.2. The van der Waals surface area contributed by atoms with Crippen molar-refractivity contribution in [3.05, 3.63) is 94.0 Å². The maximum atomic E-state index is 13.5. The highest BCUT2D eigenvalue weighted by molar-refractivity contribution is 7.92. The Morgan fingerprint density at radius 3 is 2.43 bits per heavy atom. The average molecular weight is 512 g/mol. The Kier molecular flexibility index (Phi) is 8.12. The molecule has 10 heteroatoms. The zero-order chi connectivity index (χ0) is 25.6. The fourth-order valence-corrected chi connectivity index (χ4v) is 4.96. The van der Waals surface area contributed by atoms with Gasteiger partial charge in [-0.15, -0.1) is 0 Å². The molecule has 3 aromatic carbocycles. The van der Waals surface area contributed by atoms with Gasteiger partial charge in [0.05, 0.1) is 34.9 Å². The maximum absolute atomic E-state index is 13.5. The number of sulfonamides is 1. The third-order valence-electron chi connectivity index (χ3n) is 5.20. The lowest BCUT2D eigenvalue weighted by Crippen LogP contribution is -2.41. The van der Waals surface area contributed by atoms with Crippen LogP contribution in [0, 0.1) is 18.3 Å². The number of hydrogen-bond donors (Lipinski definition) is 1. The monoisotopic (exact) mass is 511 g/mol. The Bertz CT molecular complexity index is 1400. The van der Waals surface area contributed by atoms with Gasteiger partial charge in [-0.2, -0.15) is 5.26 Å². The van der Waals surface area contributed by atoms with Crippen LogP contribution in [0.4, 0.5) is 5.69 Å². The number of anilines is 1. The van der Waals surface area contributed by atoms with E-state index in [4.69, 9.17) is 21.6 Å². The number of benzene rings is 3. The summed E-state index contributed by atoms with van der Waals surface area (Å²) in [7, 11) is -2.90. The Balaban J connectivity index is 1.89. The number of nitrogens with one attached hydrogen (secondary N) is 1. The van der Waals surface area contributed by atoms with Crippen LogP contribution < -0.4 is 9.62 Å². The van der Waals surface area contributed by atoms with Crippen LogP contribution in [0.25, 0.3) is 0 Å². The molecule has 0 heterocycles. The molecule has 180 valence electrons. The third-order valence-corrected chi connectivity index (χ3v) is 7.39. The van der Waals surface area contributed by atoms with E-state index in [1.165, 1.54) is 31.4 Å². The molecule has 0 saturated heterocycles. The van der Waals surface area contributed by atoms with Crippen LogP contribution in [0.15, 0.2) is 71.6 Å². The smallest absolute Gasteiger partial charge is 0.337 e. The van der Waals surface area contributed by atoms with Gasteiger partial charge in [-0.1, -0.05) is 29.8 Å². The minimum absolute atomic E-state index is 0.0724. The molecule has 8 nitrogen and oxygen atoms in total. The molecule has 0 aliphatic carbocycles. The van der Waals surface area contributed by atoms with Crippen LogP contribution in [-0.4, -0.2) is 33.9 Å². The minimum atomic E-state index is -4.17. The molecule has 3 aromatic rings. The van der Waals surface area contributed by atoms with E-state index in [0.717, 1.165) is 4.31 Å². The van der Waals surface area contributed by atoms with E-state index < -0.39 is 28.4 Å². The minimum Gasteiger partial charge on any atom is -0.465 e. The summed E-state index contributed by atoms with van der Waals surface area (Å²) in [6.07, 6.45) is 0. The van der Waals surface area contributed by atoms with Crippen LogP contribution >= 0.6 is 11.6 Å². The number of nitrogens with zero attached hydrogens (tertiary/aromatic N) is 2. The standard InChI is InChI=1S/C25H22ClN3O5S/c1-17-22(26)7-4-8-23(17)29(35(32,33)21-11-9-18(14-27)10-12-21)16-24(30)28-15-19-5-3-6-20(13-19)25(31)34-2/h3-13H,15-16H2,1-2H3,(H,28,30). The molecule has 0 radical (unpaired) electrons. The fourth-order valence-electron chi connectivity index (χ4n) is 3.31. The molecule has 0 fully saturated rings. The van der Waals surface area contributed by atoms with Crippen molar-refractivity contribution < 1.29 is 22.7 Å². The van der Waals surface area contributed by atoms with Crippen molar-refractivity contribution in [3.63, 3.8) is 0 Å². The molecule has 35 heavy (non-hydrogen) atoms. The second kappa shape index (κ2) is 11.0. The van der Waals surface area contributed by atoms with Gasteiger partial charge in [0, 0.05) is 11.6 Å². The lowest BCUT2D eigenvalue weighted by molar-refractivity contribution is -0.119. The molecule has 0 aromatic heterocycles. The Hall–Kier alpha value is -3.87. The molecule has 0 aliphatic heterocycles.